The lowest BCUT2D eigenvalue weighted by molar-refractivity contribution is -0.156. The summed E-state index contributed by atoms with van der Waals surface area (Å²) in [6.45, 7) is 7.77. The third kappa shape index (κ3) is 4.33. The quantitative estimate of drug-likeness (QED) is 0.356. The highest BCUT2D eigenvalue weighted by molar-refractivity contribution is 6.30. The molecule has 1 aliphatic rings. The number of hydrogen-bond donors (Lipinski definition) is 0. The van der Waals surface area contributed by atoms with Crippen LogP contribution in [0.5, 0.6) is 0 Å². The fraction of sp³-hybridized carbons (Fsp3) is 0.360. The van der Waals surface area contributed by atoms with Crippen molar-refractivity contribution in [1.82, 2.24) is 4.90 Å². The van der Waals surface area contributed by atoms with Crippen LogP contribution in [0.2, 0.25) is 10.0 Å². The number of amides is 1. The van der Waals surface area contributed by atoms with Crippen molar-refractivity contribution in [2.45, 2.75) is 51.1 Å². The number of piperidine rings is 1. The normalized spacial score (nSPS) is 25.1. The third-order valence-corrected chi connectivity index (χ3v) is 6.61. The molecule has 3 nitrogen and oxygen atoms in total. The Morgan fingerprint density at radius 2 is 1.87 bits per heavy atom. The first-order chi connectivity index (χ1) is 14.3. The molecule has 0 bridgehead atoms. The lowest BCUT2D eigenvalue weighted by Crippen LogP contribution is -2.55. The van der Waals surface area contributed by atoms with Crippen LogP contribution < -0.4 is 0 Å². The monoisotopic (exact) mass is 443 g/mol. The highest BCUT2D eigenvalue weighted by Gasteiger charge is 2.50. The van der Waals surface area contributed by atoms with E-state index in [9.17, 15) is 9.59 Å². The van der Waals surface area contributed by atoms with E-state index in [4.69, 9.17) is 23.2 Å². The summed E-state index contributed by atoms with van der Waals surface area (Å²) in [6.07, 6.45) is 4.40. The molecular formula is C25H27Cl2NO2. The van der Waals surface area contributed by atoms with Gasteiger partial charge in [0.05, 0.1) is 17.5 Å². The summed E-state index contributed by atoms with van der Waals surface area (Å²) in [7, 11) is 0. The molecule has 4 atom stereocenters. The Labute approximate surface area is 188 Å². The number of aldehydes is 1. The van der Waals surface area contributed by atoms with Crippen LogP contribution in [0.25, 0.3) is 0 Å². The number of rotatable bonds is 7. The number of hydrogen-bond acceptors (Lipinski definition) is 2. The van der Waals surface area contributed by atoms with E-state index in [0.717, 1.165) is 17.4 Å². The summed E-state index contributed by atoms with van der Waals surface area (Å²) in [4.78, 5) is 27.6. The Morgan fingerprint density at radius 1 is 1.17 bits per heavy atom. The smallest absolute Gasteiger partial charge is 0.229 e. The molecule has 1 fully saturated rings. The Balaban J connectivity index is 2.23. The van der Waals surface area contributed by atoms with E-state index < -0.39 is 11.5 Å². The van der Waals surface area contributed by atoms with Gasteiger partial charge in [0.2, 0.25) is 5.91 Å². The van der Waals surface area contributed by atoms with Crippen molar-refractivity contribution in [2.75, 3.05) is 0 Å². The highest BCUT2D eigenvalue weighted by atomic mass is 35.5. The van der Waals surface area contributed by atoms with Gasteiger partial charge in [0, 0.05) is 16.0 Å². The lowest BCUT2D eigenvalue weighted by atomic mass is 9.67. The molecule has 1 saturated heterocycles. The zero-order valence-corrected chi connectivity index (χ0v) is 18.9. The average Bonchev–Trinajstić information content (AvgIpc) is 2.73. The van der Waals surface area contributed by atoms with Crippen LogP contribution in [-0.4, -0.2) is 23.1 Å². The molecule has 2 aromatic rings. The molecule has 158 valence electrons. The van der Waals surface area contributed by atoms with Gasteiger partial charge in [-0.05, 0) is 54.7 Å². The Kier molecular flexibility index (Phi) is 7.05. The molecule has 1 heterocycles. The van der Waals surface area contributed by atoms with Gasteiger partial charge in [-0.3, -0.25) is 4.79 Å². The summed E-state index contributed by atoms with van der Waals surface area (Å²) in [5.41, 5.74) is 1.36. The largest absolute Gasteiger partial charge is 0.325 e. The van der Waals surface area contributed by atoms with Gasteiger partial charge < -0.3 is 9.69 Å². The predicted molar refractivity (Wildman–Crippen MR) is 123 cm³/mol. The molecule has 0 spiro atoms. The van der Waals surface area contributed by atoms with Crippen LogP contribution >= 0.6 is 23.2 Å². The van der Waals surface area contributed by atoms with Gasteiger partial charge in [-0.2, -0.15) is 0 Å². The molecule has 0 saturated carbocycles. The van der Waals surface area contributed by atoms with Gasteiger partial charge in [-0.25, -0.2) is 0 Å². The summed E-state index contributed by atoms with van der Waals surface area (Å²) in [5, 5.41) is 1.28. The van der Waals surface area contributed by atoms with Gasteiger partial charge in [0.15, 0.2) is 0 Å². The number of carbonyl (C=O) groups is 2. The summed E-state index contributed by atoms with van der Waals surface area (Å²) >= 11 is 12.5. The second kappa shape index (κ2) is 9.36. The molecule has 0 aromatic heterocycles. The summed E-state index contributed by atoms with van der Waals surface area (Å²) < 4.78 is 0. The molecule has 1 amide bonds. The summed E-state index contributed by atoms with van der Waals surface area (Å²) in [6, 6.07) is 14.5. The maximum atomic E-state index is 13.8. The average molecular weight is 444 g/mol. The van der Waals surface area contributed by atoms with Crippen molar-refractivity contribution in [3.8, 4) is 0 Å². The molecule has 1 aliphatic heterocycles. The van der Waals surface area contributed by atoms with Gasteiger partial charge >= 0.3 is 0 Å². The number of likely N-dealkylation sites (tertiary alicyclic amines) is 1. The molecule has 0 aliphatic carbocycles. The van der Waals surface area contributed by atoms with Crippen molar-refractivity contribution in [3.05, 3.63) is 82.4 Å². The fourth-order valence-corrected chi connectivity index (χ4v) is 4.94. The molecule has 0 radical (unpaired) electrons. The van der Waals surface area contributed by atoms with E-state index in [-0.39, 0.29) is 17.9 Å². The topological polar surface area (TPSA) is 37.4 Å². The maximum absolute atomic E-state index is 13.8. The van der Waals surface area contributed by atoms with Crippen LogP contribution in [0.1, 0.15) is 56.2 Å². The van der Waals surface area contributed by atoms with E-state index in [1.165, 1.54) is 0 Å². The second-order valence-corrected chi connectivity index (χ2v) is 9.11. The molecule has 0 N–H and O–H groups in total. The molecule has 2 aromatic carbocycles. The number of nitrogens with zero attached hydrogens (tertiary/aromatic N) is 1. The number of halogens is 2. The summed E-state index contributed by atoms with van der Waals surface area (Å²) in [5.74, 6) is -0.0406. The first-order valence-corrected chi connectivity index (χ1v) is 11.0. The minimum atomic E-state index is -0.645. The zero-order valence-electron chi connectivity index (χ0n) is 17.4. The van der Waals surface area contributed by atoms with Crippen LogP contribution in [0.4, 0.5) is 0 Å². The first kappa shape index (κ1) is 22.6. The second-order valence-electron chi connectivity index (χ2n) is 8.24. The fourth-order valence-electron chi connectivity index (χ4n) is 4.61. The van der Waals surface area contributed by atoms with Crippen molar-refractivity contribution in [3.63, 3.8) is 0 Å². The van der Waals surface area contributed by atoms with Crippen molar-refractivity contribution < 1.29 is 9.59 Å². The van der Waals surface area contributed by atoms with Gasteiger partial charge in [0.1, 0.15) is 6.29 Å². The molecule has 30 heavy (non-hydrogen) atoms. The molecule has 2 unspecified atom stereocenters. The molecule has 3 rings (SSSR count). The lowest BCUT2D eigenvalue weighted by Gasteiger charge is -2.51. The number of allylic oxidation sites excluding steroid dienone is 1. The Hall–Kier alpha value is -2.10. The van der Waals surface area contributed by atoms with Crippen molar-refractivity contribution >= 4 is 35.4 Å². The zero-order chi connectivity index (χ0) is 21.9. The van der Waals surface area contributed by atoms with E-state index in [0.29, 0.717) is 29.3 Å². The van der Waals surface area contributed by atoms with Crippen LogP contribution in [0.3, 0.4) is 0 Å². The molecular weight excluding hydrogens is 417 g/mol. The van der Waals surface area contributed by atoms with E-state index in [1.807, 2.05) is 62.4 Å². The van der Waals surface area contributed by atoms with E-state index in [2.05, 4.69) is 6.58 Å². The Morgan fingerprint density at radius 3 is 2.43 bits per heavy atom. The third-order valence-electron chi connectivity index (χ3n) is 6.12. The minimum Gasteiger partial charge on any atom is -0.325 e. The minimum absolute atomic E-state index is 0.0143. The standard InChI is InChI=1S/C25H27Cl2NO2/c1-4-13-25(3)15-22(18-7-6-8-20(27)14-18)23(17-9-11-19(26)12-10-17)28(24(25)30)21(5-2)16-29/h4,6-12,14,16,21-23H,1,5,13,15H2,2-3H3/t21?,22-,23?,25+/m1/s1. The van der Waals surface area contributed by atoms with Gasteiger partial charge in [-0.15, -0.1) is 6.58 Å². The van der Waals surface area contributed by atoms with E-state index in [1.54, 1.807) is 11.0 Å². The van der Waals surface area contributed by atoms with Crippen molar-refractivity contribution in [1.29, 1.82) is 0 Å². The maximum Gasteiger partial charge on any atom is 0.229 e. The van der Waals surface area contributed by atoms with Gasteiger partial charge in [-0.1, -0.05) is 67.4 Å². The Bertz CT molecular complexity index is 927. The highest BCUT2D eigenvalue weighted by Crippen LogP contribution is 2.52. The van der Waals surface area contributed by atoms with E-state index >= 15 is 0 Å². The van der Waals surface area contributed by atoms with Crippen LogP contribution in [0, 0.1) is 5.41 Å². The first-order valence-electron chi connectivity index (χ1n) is 10.2. The van der Waals surface area contributed by atoms with Crippen LogP contribution in [0.15, 0.2) is 61.2 Å². The number of benzene rings is 2. The SMILES string of the molecule is C=CC[C@@]1(C)C[C@H](c2cccc(Cl)c2)C(c2ccc(Cl)cc2)N(C(C=O)CC)C1=O. The molecule has 5 heteroatoms. The predicted octanol–water partition coefficient (Wildman–Crippen LogP) is 6.61. The van der Waals surface area contributed by atoms with Crippen molar-refractivity contribution in [2.24, 2.45) is 5.41 Å². The van der Waals surface area contributed by atoms with Gasteiger partial charge in [0.25, 0.3) is 0 Å². The number of carbonyl (C=O) groups excluding carboxylic acids is 2. The van der Waals surface area contributed by atoms with Crippen LogP contribution in [-0.2, 0) is 9.59 Å².